The predicted octanol–water partition coefficient (Wildman–Crippen LogP) is 3.92. The van der Waals surface area contributed by atoms with Crippen molar-refractivity contribution in [3.8, 4) is 0 Å². The van der Waals surface area contributed by atoms with E-state index in [0.717, 1.165) is 5.54 Å². The first kappa shape index (κ1) is 14.5. The maximum atomic E-state index is 4.10. The van der Waals surface area contributed by atoms with Crippen LogP contribution >= 0.6 is 0 Å². The van der Waals surface area contributed by atoms with Crippen LogP contribution in [0.25, 0.3) is 0 Å². The van der Waals surface area contributed by atoms with E-state index in [9.17, 15) is 0 Å². The Morgan fingerprint density at radius 2 is 1.56 bits per heavy atom. The van der Waals surface area contributed by atoms with Crippen molar-refractivity contribution in [2.45, 2.75) is 82.8 Å². The summed E-state index contributed by atoms with van der Waals surface area (Å²) in [6.45, 7) is 14.9. The first-order valence-electron chi connectivity index (χ1n) is 7.05. The number of rotatable bonds is 4. The van der Waals surface area contributed by atoms with E-state index in [-0.39, 0.29) is 0 Å². The van der Waals surface area contributed by atoms with Crippen LogP contribution in [-0.4, -0.2) is 22.2 Å². The van der Waals surface area contributed by atoms with Crippen LogP contribution in [0.4, 0.5) is 0 Å². The Bertz CT molecular complexity index is 218. The Morgan fingerprint density at radius 1 is 1.06 bits per heavy atom. The first-order valence-corrected chi connectivity index (χ1v) is 13.0. The molecule has 0 unspecified atom stereocenters. The summed E-state index contributed by atoms with van der Waals surface area (Å²) in [6.07, 6.45) is 7.40. The third kappa shape index (κ3) is 3.71. The van der Waals surface area contributed by atoms with Crippen molar-refractivity contribution < 1.29 is 0 Å². The number of nitrogens with one attached hydrogen (secondary N) is 1. The van der Waals surface area contributed by atoms with Gasteiger partial charge in [0.25, 0.3) is 0 Å². The molecule has 96 valence electrons. The smallest absolute Gasteiger partial charge is 0.122 e. The third-order valence-electron chi connectivity index (χ3n) is 4.71. The Morgan fingerprint density at radius 3 is 2.00 bits per heavy atom. The fourth-order valence-corrected chi connectivity index (χ4v) is 8.89. The second-order valence-electron chi connectivity index (χ2n) is 7.06. The predicted molar refractivity (Wildman–Crippen MR) is 80.4 cm³/mol. The van der Waals surface area contributed by atoms with Crippen molar-refractivity contribution >= 4 is 17.0 Å². The minimum atomic E-state index is -1.22. The van der Waals surface area contributed by atoms with Crippen LogP contribution in [0.15, 0.2) is 0 Å². The van der Waals surface area contributed by atoms with E-state index in [4.69, 9.17) is 0 Å². The monoisotopic (exact) mass is 257 g/mol. The van der Waals surface area contributed by atoms with Crippen molar-refractivity contribution in [3.05, 3.63) is 0 Å². The highest BCUT2D eigenvalue weighted by Crippen LogP contribution is 2.36. The lowest BCUT2D eigenvalue weighted by atomic mass is 10.0. The Kier molecular flexibility index (Phi) is 4.84. The van der Waals surface area contributed by atoms with Gasteiger partial charge in [0.15, 0.2) is 0 Å². The van der Waals surface area contributed by atoms with Crippen LogP contribution < -0.4 is 4.98 Å². The van der Waals surface area contributed by atoms with E-state index in [1.807, 2.05) is 0 Å². The molecule has 16 heavy (non-hydrogen) atoms. The van der Waals surface area contributed by atoms with Crippen LogP contribution in [0.5, 0.6) is 0 Å². The molecule has 0 aromatic heterocycles. The summed E-state index contributed by atoms with van der Waals surface area (Å²) in [5.41, 5.74) is 1.02. The molecule has 1 aliphatic rings. The van der Waals surface area contributed by atoms with Gasteiger partial charge in [-0.2, -0.15) is 0 Å². The lowest BCUT2D eigenvalue weighted by Crippen LogP contribution is -2.63. The zero-order valence-electron chi connectivity index (χ0n) is 12.2. The molecule has 0 bridgehead atoms. The number of hydrogen-bond acceptors (Lipinski definition) is 1. The van der Waals surface area contributed by atoms with Crippen LogP contribution in [0.1, 0.15) is 46.0 Å². The molecule has 1 aliphatic carbocycles. The van der Waals surface area contributed by atoms with Gasteiger partial charge in [-0.1, -0.05) is 72.1 Å². The summed E-state index contributed by atoms with van der Waals surface area (Å²) < 4.78 is 0. The standard InChI is InChI=1S/C13H31NSi2/c1-13(2,15(3)4)14-16(5,6)12-10-8-7-9-11-12/h12,14-15H,7-11H2,1-6H3. The fourth-order valence-electron chi connectivity index (χ4n) is 2.90. The molecule has 0 atom stereocenters. The van der Waals surface area contributed by atoms with Gasteiger partial charge < -0.3 is 4.98 Å². The molecule has 0 spiro atoms. The lowest BCUT2D eigenvalue weighted by molar-refractivity contribution is 0.479. The molecule has 0 aliphatic heterocycles. The molecule has 1 N–H and O–H groups in total. The largest absolute Gasteiger partial charge is 0.335 e. The fraction of sp³-hybridized carbons (Fsp3) is 1.00. The van der Waals surface area contributed by atoms with Crippen LogP contribution in [0.3, 0.4) is 0 Å². The second-order valence-corrected chi connectivity index (χ2v) is 15.3. The SMILES string of the molecule is C[SiH](C)C(C)(C)N[Si](C)(C)C1CCCCC1. The Hall–Kier alpha value is 0.394. The summed E-state index contributed by atoms with van der Waals surface area (Å²) >= 11 is 0. The summed E-state index contributed by atoms with van der Waals surface area (Å²) in [6, 6.07) is 0. The van der Waals surface area contributed by atoms with E-state index in [1.165, 1.54) is 32.1 Å². The van der Waals surface area contributed by atoms with Crippen molar-refractivity contribution in [1.82, 2.24) is 4.98 Å². The van der Waals surface area contributed by atoms with E-state index in [2.05, 4.69) is 45.0 Å². The Labute approximate surface area is 105 Å². The first-order chi connectivity index (χ1) is 7.26. The maximum absolute atomic E-state index is 4.10. The number of hydrogen-bond donors (Lipinski definition) is 1. The minimum absolute atomic E-state index is 0.438. The average Bonchev–Trinajstić information content (AvgIpc) is 2.17. The maximum Gasteiger partial charge on any atom is 0.122 e. The summed E-state index contributed by atoms with van der Waals surface area (Å²) in [5, 5.41) is 0.438. The van der Waals surface area contributed by atoms with Crippen LogP contribution in [-0.2, 0) is 0 Å². The van der Waals surface area contributed by atoms with Gasteiger partial charge in [-0.15, -0.1) is 0 Å². The zero-order valence-corrected chi connectivity index (χ0v) is 14.3. The Balaban J connectivity index is 2.62. The normalized spacial score (nSPS) is 20.4. The van der Waals surface area contributed by atoms with Crippen molar-refractivity contribution in [2.24, 2.45) is 0 Å². The molecule has 1 nitrogen and oxygen atoms in total. The molecule has 0 radical (unpaired) electrons. The highest BCUT2D eigenvalue weighted by Gasteiger charge is 2.38. The third-order valence-corrected chi connectivity index (χ3v) is 11.9. The van der Waals surface area contributed by atoms with Gasteiger partial charge in [-0.3, -0.25) is 0 Å². The molecule has 3 heteroatoms. The van der Waals surface area contributed by atoms with Crippen molar-refractivity contribution in [2.75, 3.05) is 0 Å². The highest BCUT2D eigenvalue weighted by molar-refractivity contribution is 6.78. The summed E-state index contributed by atoms with van der Waals surface area (Å²) in [7, 11) is -1.83. The quantitative estimate of drug-likeness (QED) is 0.753. The zero-order chi connectivity index (χ0) is 12.4. The average molecular weight is 258 g/mol. The molecule has 0 aromatic carbocycles. The molecular formula is C13H31NSi2. The van der Waals surface area contributed by atoms with Crippen LogP contribution in [0, 0.1) is 0 Å². The molecule has 1 rings (SSSR count). The summed E-state index contributed by atoms with van der Waals surface area (Å²) in [5.74, 6) is 0. The van der Waals surface area contributed by atoms with Gasteiger partial charge in [0.05, 0.1) is 8.80 Å². The van der Waals surface area contributed by atoms with Crippen molar-refractivity contribution in [1.29, 1.82) is 0 Å². The van der Waals surface area contributed by atoms with Gasteiger partial charge >= 0.3 is 0 Å². The lowest BCUT2D eigenvalue weighted by Gasteiger charge is -2.43. The topological polar surface area (TPSA) is 12.0 Å². The van der Waals surface area contributed by atoms with Gasteiger partial charge in [0.2, 0.25) is 0 Å². The summed E-state index contributed by atoms with van der Waals surface area (Å²) in [4.78, 5) is 4.10. The van der Waals surface area contributed by atoms with E-state index in [0.29, 0.717) is 5.16 Å². The molecular weight excluding hydrogens is 226 g/mol. The van der Waals surface area contributed by atoms with Gasteiger partial charge in [0, 0.05) is 0 Å². The molecule has 1 fully saturated rings. The van der Waals surface area contributed by atoms with Crippen LogP contribution in [0.2, 0.25) is 31.7 Å². The van der Waals surface area contributed by atoms with E-state index >= 15 is 0 Å². The molecule has 0 aromatic rings. The van der Waals surface area contributed by atoms with Gasteiger partial charge in [-0.05, 0) is 10.7 Å². The minimum Gasteiger partial charge on any atom is -0.335 e. The molecule has 1 saturated carbocycles. The second kappa shape index (κ2) is 5.36. The van der Waals surface area contributed by atoms with Crippen molar-refractivity contribution in [3.63, 3.8) is 0 Å². The van der Waals surface area contributed by atoms with E-state index < -0.39 is 17.0 Å². The molecule has 0 saturated heterocycles. The van der Waals surface area contributed by atoms with Gasteiger partial charge in [-0.25, -0.2) is 0 Å². The van der Waals surface area contributed by atoms with Gasteiger partial charge in [0.1, 0.15) is 8.24 Å². The molecule has 0 heterocycles. The molecule has 0 amide bonds. The highest BCUT2D eigenvalue weighted by atomic mass is 28.3. The van der Waals surface area contributed by atoms with E-state index in [1.54, 1.807) is 0 Å².